The molecule has 1 aliphatic rings. The number of fused-ring (bicyclic) bond motifs is 1. The Balaban J connectivity index is 1.65. The van der Waals surface area contributed by atoms with Crippen molar-refractivity contribution in [3.63, 3.8) is 0 Å². The summed E-state index contributed by atoms with van der Waals surface area (Å²) in [4.78, 5) is 32.5. The first-order valence-corrected chi connectivity index (χ1v) is 10.2. The Hall–Kier alpha value is -2.86. The molecule has 4 rings (SSSR count). The van der Waals surface area contributed by atoms with Gasteiger partial charge in [-0.1, -0.05) is 71.4 Å². The van der Waals surface area contributed by atoms with Crippen LogP contribution in [0, 0.1) is 13.8 Å². The molecule has 0 spiro atoms. The third-order valence-electron chi connectivity index (χ3n) is 4.87. The highest BCUT2D eigenvalue weighted by Gasteiger charge is 2.30. The van der Waals surface area contributed by atoms with Crippen molar-refractivity contribution in [1.82, 2.24) is 9.97 Å². The number of hydrogen-bond donors (Lipinski definition) is 2. The highest BCUT2D eigenvalue weighted by molar-refractivity contribution is 7.98. The number of amides is 1. The van der Waals surface area contributed by atoms with Crippen molar-refractivity contribution in [1.29, 1.82) is 0 Å². The highest BCUT2D eigenvalue weighted by atomic mass is 32.2. The van der Waals surface area contributed by atoms with Gasteiger partial charge in [0.25, 0.3) is 5.56 Å². The van der Waals surface area contributed by atoms with E-state index < -0.39 is 0 Å². The lowest BCUT2D eigenvalue weighted by atomic mass is 9.86. The van der Waals surface area contributed by atoms with Crippen molar-refractivity contribution in [2.75, 3.05) is 5.32 Å². The molecule has 1 unspecified atom stereocenters. The molecule has 2 aromatic carbocycles. The molecule has 0 bridgehead atoms. The van der Waals surface area contributed by atoms with Gasteiger partial charge in [-0.3, -0.25) is 9.59 Å². The normalized spacial score (nSPS) is 15.8. The number of hydrogen-bond acceptors (Lipinski definition) is 4. The number of rotatable bonds is 4. The van der Waals surface area contributed by atoms with Crippen molar-refractivity contribution >= 4 is 23.5 Å². The van der Waals surface area contributed by atoms with E-state index in [-0.39, 0.29) is 23.8 Å². The number of carbonyl (C=O) groups excluding carboxylic acids is 1. The zero-order chi connectivity index (χ0) is 19.7. The summed E-state index contributed by atoms with van der Waals surface area (Å²) in [5.74, 6) is 0.665. The van der Waals surface area contributed by atoms with Crippen LogP contribution in [-0.2, 0) is 10.5 Å². The first-order chi connectivity index (χ1) is 13.5. The zero-order valence-electron chi connectivity index (χ0n) is 15.8. The van der Waals surface area contributed by atoms with Crippen molar-refractivity contribution in [2.24, 2.45) is 0 Å². The van der Waals surface area contributed by atoms with E-state index in [0.717, 1.165) is 16.7 Å². The Kier molecular flexibility index (Phi) is 5.05. The number of aromatic amines is 1. The average molecular weight is 391 g/mol. The van der Waals surface area contributed by atoms with Gasteiger partial charge in [0.2, 0.25) is 5.91 Å². The number of nitrogens with zero attached hydrogens (tertiary/aromatic N) is 1. The molecule has 1 atom stereocenters. The van der Waals surface area contributed by atoms with Crippen LogP contribution in [0.3, 0.4) is 0 Å². The van der Waals surface area contributed by atoms with Gasteiger partial charge in [0, 0.05) is 18.1 Å². The van der Waals surface area contributed by atoms with E-state index in [4.69, 9.17) is 0 Å². The van der Waals surface area contributed by atoms with Gasteiger partial charge in [-0.15, -0.1) is 0 Å². The van der Waals surface area contributed by atoms with Gasteiger partial charge < -0.3 is 10.3 Å². The third kappa shape index (κ3) is 3.87. The van der Waals surface area contributed by atoms with E-state index in [1.165, 1.54) is 17.3 Å². The summed E-state index contributed by atoms with van der Waals surface area (Å²) in [5, 5.41) is 3.29. The standard InChI is InChI=1S/C22H21N3O2S/c1-13-6-8-16(9-7-13)17-11-18(26)23-20-19(17)21(27)25-22(24-20)28-12-15-5-3-4-14(2)10-15/h3-10,17H,11-12H2,1-2H3,(H2,23,24,25,26,27). The van der Waals surface area contributed by atoms with Gasteiger partial charge in [0.15, 0.2) is 5.16 Å². The summed E-state index contributed by atoms with van der Waals surface area (Å²) in [6.07, 6.45) is 0.247. The summed E-state index contributed by atoms with van der Waals surface area (Å²) < 4.78 is 0. The number of anilines is 1. The van der Waals surface area contributed by atoms with Gasteiger partial charge in [-0.25, -0.2) is 4.98 Å². The first kappa shape index (κ1) is 18.5. The van der Waals surface area contributed by atoms with E-state index in [9.17, 15) is 9.59 Å². The first-order valence-electron chi connectivity index (χ1n) is 9.18. The van der Waals surface area contributed by atoms with E-state index >= 15 is 0 Å². The highest BCUT2D eigenvalue weighted by Crippen LogP contribution is 2.34. The molecule has 1 aliphatic heterocycles. The van der Waals surface area contributed by atoms with Gasteiger partial charge >= 0.3 is 0 Å². The molecule has 3 aromatic rings. The number of aryl methyl sites for hydroxylation is 2. The Morgan fingerprint density at radius 1 is 1.07 bits per heavy atom. The number of thioether (sulfide) groups is 1. The fourth-order valence-corrected chi connectivity index (χ4v) is 4.26. The molecule has 1 aromatic heterocycles. The maximum atomic E-state index is 12.8. The lowest BCUT2D eigenvalue weighted by Gasteiger charge is -2.24. The van der Waals surface area contributed by atoms with Crippen LogP contribution in [0.1, 0.15) is 40.2 Å². The minimum Gasteiger partial charge on any atom is -0.310 e. The van der Waals surface area contributed by atoms with Crippen LogP contribution in [-0.4, -0.2) is 15.9 Å². The van der Waals surface area contributed by atoms with Gasteiger partial charge in [-0.2, -0.15) is 0 Å². The summed E-state index contributed by atoms with van der Waals surface area (Å²) in [5.41, 5.74) is 4.78. The second kappa shape index (κ2) is 7.64. The third-order valence-corrected chi connectivity index (χ3v) is 5.81. The summed E-state index contributed by atoms with van der Waals surface area (Å²) >= 11 is 1.45. The van der Waals surface area contributed by atoms with Crippen LogP contribution >= 0.6 is 11.8 Å². The van der Waals surface area contributed by atoms with Crippen LogP contribution in [0.15, 0.2) is 58.5 Å². The topological polar surface area (TPSA) is 74.8 Å². The molecular formula is C22H21N3O2S. The molecule has 2 N–H and O–H groups in total. The minimum atomic E-state index is -0.281. The molecule has 28 heavy (non-hydrogen) atoms. The molecule has 0 saturated heterocycles. The van der Waals surface area contributed by atoms with Crippen LogP contribution in [0.25, 0.3) is 0 Å². The fraction of sp³-hybridized carbons (Fsp3) is 0.227. The van der Waals surface area contributed by atoms with Crippen LogP contribution < -0.4 is 10.9 Å². The van der Waals surface area contributed by atoms with E-state index in [0.29, 0.717) is 22.3 Å². The number of carbonyl (C=O) groups is 1. The number of benzene rings is 2. The van der Waals surface area contributed by atoms with Crippen LogP contribution in [0.5, 0.6) is 0 Å². The van der Waals surface area contributed by atoms with E-state index in [1.807, 2.05) is 56.3 Å². The molecule has 0 saturated carbocycles. The minimum absolute atomic E-state index is 0.120. The summed E-state index contributed by atoms with van der Waals surface area (Å²) in [6.45, 7) is 4.06. The molecule has 0 fully saturated rings. The molecule has 0 aliphatic carbocycles. The molecular weight excluding hydrogens is 370 g/mol. The predicted molar refractivity (Wildman–Crippen MR) is 112 cm³/mol. The molecule has 1 amide bonds. The monoisotopic (exact) mass is 391 g/mol. The zero-order valence-corrected chi connectivity index (χ0v) is 16.6. The molecule has 6 heteroatoms. The molecule has 2 heterocycles. The summed E-state index contributed by atoms with van der Waals surface area (Å²) in [7, 11) is 0. The SMILES string of the molecule is Cc1ccc(C2CC(=O)Nc3nc(SCc4cccc(C)c4)[nH]c(=O)c32)cc1. The number of aromatic nitrogens is 2. The fourth-order valence-electron chi connectivity index (χ4n) is 3.46. The van der Waals surface area contributed by atoms with E-state index in [2.05, 4.69) is 21.4 Å². The Labute approximate surface area is 167 Å². The van der Waals surface area contributed by atoms with Crippen molar-refractivity contribution in [3.8, 4) is 0 Å². The maximum absolute atomic E-state index is 12.8. The van der Waals surface area contributed by atoms with E-state index in [1.54, 1.807) is 0 Å². The number of H-pyrrole nitrogens is 1. The van der Waals surface area contributed by atoms with Crippen LogP contribution in [0.2, 0.25) is 0 Å². The lowest BCUT2D eigenvalue weighted by Crippen LogP contribution is -2.31. The van der Waals surface area contributed by atoms with Crippen molar-refractivity contribution in [2.45, 2.75) is 37.1 Å². The quantitative estimate of drug-likeness (QED) is 0.517. The Bertz CT molecular complexity index is 1090. The van der Waals surface area contributed by atoms with Gasteiger partial charge in [0.1, 0.15) is 5.82 Å². The lowest BCUT2D eigenvalue weighted by molar-refractivity contribution is -0.116. The second-order valence-corrected chi connectivity index (χ2v) is 8.09. The maximum Gasteiger partial charge on any atom is 0.257 e. The largest absolute Gasteiger partial charge is 0.310 e. The molecule has 142 valence electrons. The smallest absolute Gasteiger partial charge is 0.257 e. The average Bonchev–Trinajstić information content (AvgIpc) is 2.66. The van der Waals surface area contributed by atoms with Gasteiger partial charge in [0.05, 0.1) is 5.56 Å². The summed E-state index contributed by atoms with van der Waals surface area (Å²) in [6, 6.07) is 16.2. The Morgan fingerprint density at radius 3 is 2.61 bits per heavy atom. The van der Waals surface area contributed by atoms with Crippen molar-refractivity contribution in [3.05, 3.63) is 86.7 Å². The van der Waals surface area contributed by atoms with Crippen LogP contribution in [0.4, 0.5) is 5.82 Å². The van der Waals surface area contributed by atoms with Crippen molar-refractivity contribution < 1.29 is 4.79 Å². The second-order valence-electron chi connectivity index (χ2n) is 7.13. The van der Waals surface area contributed by atoms with Gasteiger partial charge in [-0.05, 0) is 25.0 Å². The molecule has 5 nitrogen and oxygen atoms in total. The Morgan fingerprint density at radius 2 is 1.86 bits per heavy atom. The predicted octanol–water partition coefficient (Wildman–Crippen LogP) is 4.15. The number of nitrogens with one attached hydrogen (secondary N) is 2. The molecule has 0 radical (unpaired) electrons.